The SMILES string of the molecule is Cc1ccc(-n2c(C)cn3c4c(=O)n(CCC(C)C)c(=O)n(C)c4nc23)cc1Cl. The highest BCUT2D eigenvalue weighted by molar-refractivity contribution is 6.31. The van der Waals surface area contributed by atoms with Crippen LogP contribution in [0.3, 0.4) is 0 Å². The Bertz CT molecular complexity index is 1370. The van der Waals surface area contributed by atoms with Crippen LogP contribution in [0.4, 0.5) is 0 Å². The molecule has 0 fully saturated rings. The number of rotatable bonds is 4. The molecule has 1 aromatic carbocycles. The lowest BCUT2D eigenvalue weighted by molar-refractivity contribution is 0.488. The molecule has 0 spiro atoms. The van der Waals surface area contributed by atoms with Crippen LogP contribution in [0, 0.1) is 19.8 Å². The Morgan fingerprint density at radius 1 is 1.17 bits per heavy atom. The predicted octanol–water partition coefficient (Wildman–Crippen LogP) is 3.45. The molecule has 0 unspecified atom stereocenters. The summed E-state index contributed by atoms with van der Waals surface area (Å²) < 4.78 is 6.47. The summed E-state index contributed by atoms with van der Waals surface area (Å²) in [6.45, 7) is 8.43. The van der Waals surface area contributed by atoms with E-state index in [1.54, 1.807) is 11.4 Å². The van der Waals surface area contributed by atoms with Gasteiger partial charge in [-0.2, -0.15) is 4.98 Å². The number of halogens is 1. The quantitative estimate of drug-likeness (QED) is 0.514. The molecule has 0 atom stereocenters. The zero-order chi connectivity index (χ0) is 21.0. The molecular weight excluding hydrogens is 390 g/mol. The van der Waals surface area contributed by atoms with Crippen molar-refractivity contribution < 1.29 is 0 Å². The van der Waals surface area contributed by atoms with Gasteiger partial charge >= 0.3 is 5.69 Å². The summed E-state index contributed by atoms with van der Waals surface area (Å²) in [4.78, 5) is 30.6. The Morgan fingerprint density at radius 3 is 2.55 bits per heavy atom. The Hall–Kier alpha value is -2.80. The van der Waals surface area contributed by atoms with Crippen molar-refractivity contribution >= 4 is 28.5 Å². The maximum Gasteiger partial charge on any atom is 0.332 e. The molecule has 152 valence electrons. The summed E-state index contributed by atoms with van der Waals surface area (Å²) in [5.41, 5.74) is 2.89. The van der Waals surface area contributed by atoms with Crippen LogP contribution in [-0.4, -0.2) is 23.1 Å². The van der Waals surface area contributed by atoms with Crippen molar-refractivity contribution in [2.24, 2.45) is 13.0 Å². The number of aromatic nitrogens is 5. The Morgan fingerprint density at radius 2 is 1.90 bits per heavy atom. The van der Waals surface area contributed by atoms with Crippen molar-refractivity contribution in [3.63, 3.8) is 0 Å². The zero-order valence-electron chi connectivity index (χ0n) is 17.2. The van der Waals surface area contributed by atoms with Gasteiger partial charge in [-0.25, -0.2) is 4.79 Å². The van der Waals surface area contributed by atoms with E-state index in [1.165, 1.54) is 9.13 Å². The average Bonchev–Trinajstić information content (AvgIpc) is 3.16. The molecule has 0 saturated heterocycles. The minimum atomic E-state index is -0.342. The maximum absolute atomic E-state index is 13.2. The van der Waals surface area contributed by atoms with Crippen LogP contribution in [-0.2, 0) is 13.6 Å². The number of fused-ring (bicyclic) bond motifs is 3. The monoisotopic (exact) mass is 413 g/mol. The second-order valence-corrected chi connectivity index (χ2v) is 8.38. The molecule has 8 heteroatoms. The molecule has 0 N–H and O–H groups in total. The fraction of sp³-hybridized carbons (Fsp3) is 0.381. The highest BCUT2D eigenvalue weighted by atomic mass is 35.5. The Kier molecular flexibility index (Phi) is 4.65. The predicted molar refractivity (Wildman–Crippen MR) is 115 cm³/mol. The number of hydrogen-bond acceptors (Lipinski definition) is 3. The highest BCUT2D eigenvalue weighted by Crippen LogP contribution is 2.24. The Balaban J connectivity index is 2.04. The van der Waals surface area contributed by atoms with Crippen molar-refractivity contribution in [2.45, 2.75) is 40.7 Å². The smallest absolute Gasteiger partial charge is 0.283 e. The van der Waals surface area contributed by atoms with E-state index in [0.717, 1.165) is 23.4 Å². The number of aryl methyl sites for hydroxylation is 3. The third kappa shape index (κ3) is 3.00. The minimum Gasteiger partial charge on any atom is -0.283 e. The molecule has 0 saturated carbocycles. The summed E-state index contributed by atoms with van der Waals surface area (Å²) in [5.74, 6) is 0.966. The van der Waals surface area contributed by atoms with Gasteiger partial charge in [0.25, 0.3) is 5.56 Å². The largest absolute Gasteiger partial charge is 0.332 e. The van der Waals surface area contributed by atoms with Gasteiger partial charge in [0.1, 0.15) is 0 Å². The standard InChI is InChI=1S/C21H24ClN5O2/c1-12(2)8-9-25-19(28)17-18(24(5)21(25)29)23-20-26(17)11-14(4)27(20)15-7-6-13(3)16(22)10-15/h6-7,10-12H,8-9H2,1-5H3. The summed E-state index contributed by atoms with van der Waals surface area (Å²) in [6, 6.07) is 5.79. The molecule has 0 radical (unpaired) electrons. The lowest BCUT2D eigenvalue weighted by Crippen LogP contribution is -2.39. The first-order valence-electron chi connectivity index (χ1n) is 9.67. The average molecular weight is 414 g/mol. The molecule has 0 aliphatic rings. The first kappa shape index (κ1) is 19.5. The van der Waals surface area contributed by atoms with Gasteiger partial charge in [0.05, 0.1) is 5.69 Å². The molecule has 0 aliphatic carbocycles. The molecule has 0 bridgehead atoms. The van der Waals surface area contributed by atoms with Crippen molar-refractivity contribution in [1.82, 2.24) is 23.1 Å². The van der Waals surface area contributed by atoms with Gasteiger partial charge in [-0.1, -0.05) is 31.5 Å². The maximum atomic E-state index is 13.2. The second kappa shape index (κ2) is 6.91. The molecule has 3 heterocycles. The lowest BCUT2D eigenvalue weighted by atomic mass is 10.1. The normalized spacial score (nSPS) is 12.0. The molecular formula is C21H24ClN5O2. The number of benzene rings is 1. The second-order valence-electron chi connectivity index (χ2n) is 7.97. The minimum absolute atomic E-state index is 0.310. The lowest BCUT2D eigenvalue weighted by Gasteiger charge is -2.09. The van der Waals surface area contributed by atoms with E-state index in [9.17, 15) is 9.59 Å². The van der Waals surface area contributed by atoms with Crippen LogP contribution in [0.25, 0.3) is 22.6 Å². The summed E-state index contributed by atoms with van der Waals surface area (Å²) in [7, 11) is 1.66. The van der Waals surface area contributed by atoms with Crippen molar-refractivity contribution in [1.29, 1.82) is 0 Å². The number of hydrogen-bond donors (Lipinski definition) is 0. The van der Waals surface area contributed by atoms with Crippen LogP contribution in [0.15, 0.2) is 34.0 Å². The van der Waals surface area contributed by atoms with Gasteiger partial charge in [0, 0.05) is 30.5 Å². The van der Waals surface area contributed by atoms with E-state index >= 15 is 0 Å². The van der Waals surface area contributed by atoms with Crippen LogP contribution in [0.5, 0.6) is 0 Å². The molecule has 0 aliphatic heterocycles. The van der Waals surface area contributed by atoms with Crippen LogP contribution in [0.1, 0.15) is 31.5 Å². The van der Waals surface area contributed by atoms with E-state index in [4.69, 9.17) is 11.6 Å². The fourth-order valence-electron chi connectivity index (χ4n) is 3.63. The highest BCUT2D eigenvalue weighted by Gasteiger charge is 2.21. The molecule has 7 nitrogen and oxygen atoms in total. The van der Waals surface area contributed by atoms with Crippen LogP contribution >= 0.6 is 11.6 Å². The first-order valence-corrected chi connectivity index (χ1v) is 10.0. The van der Waals surface area contributed by atoms with Crippen LogP contribution < -0.4 is 11.2 Å². The Labute approximate surface area is 172 Å². The van der Waals surface area contributed by atoms with Crippen LogP contribution in [0.2, 0.25) is 5.02 Å². The van der Waals surface area contributed by atoms with E-state index in [1.807, 2.05) is 42.8 Å². The molecule has 3 aromatic heterocycles. The van der Waals surface area contributed by atoms with Crippen molar-refractivity contribution in [3.8, 4) is 5.69 Å². The van der Waals surface area contributed by atoms with Crippen molar-refractivity contribution in [3.05, 3.63) is 61.5 Å². The van der Waals surface area contributed by atoms with E-state index < -0.39 is 0 Å². The summed E-state index contributed by atoms with van der Waals surface area (Å²) in [6.07, 6.45) is 2.63. The van der Waals surface area contributed by atoms with Gasteiger partial charge in [0.2, 0.25) is 5.78 Å². The van der Waals surface area contributed by atoms with Gasteiger partial charge in [-0.15, -0.1) is 0 Å². The van der Waals surface area contributed by atoms with Gasteiger partial charge in [0.15, 0.2) is 11.2 Å². The fourth-order valence-corrected chi connectivity index (χ4v) is 3.81. The van der Waals surface area contributed by atoms with Crippen molar-refractivity contribution in [2.75, 3.05) is 0 Å². The third-order valence-electron chi connectivity index (χ3n) is 5.37. The van der Waals surface area contributed by atoms with Gasteiger partial charge < -0.3 is 0 Å². The molecule has 29 heavy (non-hydrogen) atoms. The van der Waals surface area contributed by atoms with Gasteiger partial charge in [-0.05, 0) is 43.9 Å². The molecule has 0 amide bonds. The zero-order valence-corrected chi connectivity index (χ0v) is 18.0. The van der Waals surface area contributed by atoms with E-state index in [2.05, 4.69) is 18.8 Å². The summed E-state index contributed by atoms with van der Waals surface area (Å²) in [5, 5.41) is 0.660. The molecule has 4 aromatic rings. The topological polar surface area (TPSA) is 66.2 Å². The number of imidazole rings is 2. The van der Waals surface area contributed by atoms with Gasteiger partial charge in [-0.3, -0.25) is 22.9 Å². The summed E-state index contributed by atoms with van der Waals surface area (Å²) >= 11 is 6.33. The number of nitrogens with zero attached hydrogens (tertiary/aromatic N) is 5. The first-order chi connectivity index (χ1) is 13.7. The third-order valence-corrected chi connectivity index (χ3v) is 5.78. The van der Waals surface area contributed by atoms with E-state index in [0.29, 0.717) is 34.4 Å². The van der Waals surface area contributed by atoms with E-state index in [-0.39, 0.29) is 11.2 Å². The molecule has 4 rings (SSSR count).